The van der Waals surface area contributed by atoms with Crippen molar-refractivity contribution in [3.63, 3.8) is 0 Å². The molecule has 0 aliphatic rings. The van der Waals surface area contributed by atoms with Crippen molar-refractivity contribution in [2.75, 3.05) is 13.1 Å². The molecule has 0 atom stereocenters. The van der Waals surface area contributed by atoms with E-state index in [9.17, 15) is 0 Å². The summed E-state index contributed by atoms with van der Waals surface area (Å²) in [5.41, 5.74) is 0. The number of halogens is 1. The van der Waals surface area contributed by atoms with Crippen LogP contribution in [-0.4, -0.2) is 29.6 Å². The largest absolute Gasteiger partial charge is 1.00 e. The molecule has 0 unspecified atom stereocenters. The molecule has 0 radical (unpaired) electrons. The fraction of sp³-hybridized carbons (Fsp3) is 1.00. The van der Waals surface area contributed by atoms with Gasteiger partial charge in [-0.25, -0.2) is 0 Å². The Morgan fingerprint density at radius 3 is 1.36 bits per heavy atom. The van der Waals surface area contributed by atoms with Gasteiger partial charge >= 0.3 is 0 Å². The third-order valence-electron chi connectivity index (χ3n) is 4.14. The lowest BCUT2D eigenvalue weighted by Crippen LogP contribution is -3.00. The molecule has 0 spiro atoms. The molecule has 0 aromatic rings. The Morgan fingerprint density at radius 1 is 0.636 bits per heavy atom. The molecule has 0 fully saturated rings. The third-order valence-corrected chi connectivity index (χ3v) is 4.14. The fourth-order valence-electron chi connectivity index (χ4n) is 2.75. The van der Waals surface area contributed by atoms with Crippen LogP contribution in [0, 0.1) is 0 Å². The van der Waals surface area contributed by atoms with Crippen LogP contribution >= 0.6 is 0 Å². The van der Waals surface area contributed by atoms with Crippen molar-refractivity contribution < 1.29 is 32.5 Å². The molecular formula is C18H40BrNO2. The Hall–Kier alpha value is 0.360. The average Bonchev–Trinajstić information content (AvgIpc) is 2.46. The summed E-state index contributed by atoms with van der Waals surface area (Å²) in [6.07, 6.45) is 18.2. The zero-order valence-corrected chi connectivity index (χ0v) is 16.3. The number of nitrogens with two attached hydrogens (primary N) is 1. The first kappa shape index (κ1) is 24.6. The van der Waals surface area contributed by atoms with Gasteiger partial charge in [-0.1, -0.05) is 84.0 Å². The molecule has 136 valence electrons. The molecule has 4 heteroatoms. The number of aliphatic hydroxyl groups excluding tert-OH is 1. The Bertz CT molecular complexity index is 192. The molecule has 0 bridgehead atoms. The lowest BCUT2D eigenvalue weighted by molar-refractivity contribution is -0.667. The van der Waals surface area contributed by atoms with Crippen LogP contribution in [-0.2, 0) is 0 Å². The topological polar surface area (TPSA) is 57.1 Å². The van der Waals surface area contributed by atoms with Gasteiger partial charge < -0.3 is 32.5 Å². The number of rotatable bonds is 17. The molecule has 4 N–H and O–H groups in total. The molecule has 0 heterocycles. The maximum absolute atomic E-state index is 8.69. The Kier molecular flexibility index (Phi) is 23.9. The molecule has 0 amide bonds. The Balaban J connectivity index is 0. The predicted octanol–water partition coefficient (Wildman–Crippen LogP) is 0.346. The van der Waals surface area contributed by atoms with Gasteiger partial charge in [0.1, 0.15) is 6.54 Å². The summed E-state index contributed by atoms with van der Waals surface area (Å²) in [4.78, 5) is 0. The lowest BCUT2D eigenvalue weighted by Gasteiger charge is -2.04. The van der Waals surface area contributed by atoms with Gasteiger partial charge in [0.2, 0.25) is 6.29 Å². The second-order valence-electron chi connectivity index (χ2n) is 6.39. The first-order chi connectivity index (χ1) is 10.3. The van der Waals surface area contributed by atoms with E-state index < -0.39 is 6.29 Å². The summed E-state index contributed by atoms with van der Waals surface area (Å²) < 4.78 is 0. The molecule has 3 nitrogen and oxygen atoms in total. The maximum atomic E-state index is 8.69. The molecule has 0 aliphatic carbocycles. The lowest BCUT2D eigenvalue weighted by atomic mass is 10.0. The molecule has 0 rings (SSSR count). The summed E-state index contributed by atoms with van der Waals surface area (Å²) >= 11 is 0. The molecule has 0 aromatic carbocycles. The van der Waals surface area contributed by atoms with Gasteiger partial charge in [-0.2, -0.15) is 0 Å². The molecule has 0 saturated carbocycles. The summed E-state index contributed by atoms with van der Waals surface area (Å²) in [7, 11) is 0. The Labute approximate surface area is 149 Å². The zero-order valence-electron chi connectivity index (χ0n) is 14.7. The molecule has 0 saturated heterocycles. The normalized spacial score (nSPS) is 10.9. The second kappa shape index (κ2) is 21.4. The maximum Gasteiger partial charge on any atom is 0.202 e. The second-order valence-corrected chi connectivity index (χ2v) is 6.39. The van der Waals surface area contributed by atoms with Crippen molar-refractivity contribution in [2.24, 2.45) is 0 Å². The van der Waals surface area contributed by atoms with Gasteiger partial charge in [0.05, 0.1) is 6.54 Å². The molecule has 22 heavy (non-hydrogen) atoms. The summed E-state index contributed by atoms with van der Waals surface area (Å²) in [5.74, 6) is 0. The van der Waals surface area contributed by atoms with E-state index in [0.29, 0.717) is 6.54 Å². The van der Waals surface area contributed by atoms with Gasteiger partial charge in [-0.3, -0.25) is 0 Å². The third kappa shape index (κ3) is 22.6. The summed E-state index contributed by atoms with van der Waals surface area (Å²) in [6.45, 7) is 3.71. The van der Waals surface area contributed by atoms with E-state index in [4.69, 9.17) is 10.2 Å². The first-order valence-electron chi connectivity index (χ1n) is 9.45. The van der Waals surface area contributed by atoms with Crippen molar-refractivity contribution >= 4 is 0 Å². The van der Waals surface area contributed by atoms with Crippen LogP contribution in [0.25, 0.3) is 0 Å². The highest BCUT2D eigenvalue weighted by Gasteiger charge is 1.98. The van der Waals surface area contributed by atoms with E-state index in [1.165, 1.54) is 89.9 Å². The van der Waals surface area contributed by atoms with Crippen LogP contribution in [0.3, 0.4) is 0 Å². The van der Waals surface area contributed by atoms with Crippen LogP contribution in [0.15, 0.2) is 0 Å². The number of aliphatic hydroxyl groups is 2. The van der Waals surface area contributed by atoms with Crippen molar-refractivity contribution in [1.29, 1.82) is 0 Å². The van der Waals surface area contributed by atoms with E-state index in [2.05, 4.69) is 6.92 Å². The van der Waals surface area contributed by atoms with Gasteiger partial charge in [-0.05, 0) is 12.8 Å². The average molecular weight is 382 g/mol. The van der Waals surface area contributed by atoms with Gasteiger partial charge in [0.25, 0.3) is 0 Å². The van der Waals surface area contributed by atoms with E-state index in [1.54, 1.807) is 0 Å². The van der Waals surface area contributed by atoms with E-state index >= 15 is 0 Å². The quantitative estimate of drug-likeness (QED) is 0.251. The van der Waals surface area contributed by atoms with Gasteiger partial charge in [0, 0.05) is 0 Å². The highest BCUT2D eigenvalue weighted by molar-refractivity contribution is 4.49. The van der Waals surface area contributed by atoms with Gasteiger partial charge in [0.15, 0.2) is 0 Å². The number of unbranched alkanes of at least 4 members (excludes halogenated alkanes) is 13. The number of quaternary nitrogens is 1. The van der Waals surface area contributed by atoms with Crippen molar-refractivity contribution in [1.82, 2.24) is 0 Å². The van der Waals surface area contributed by atoms with Crippen LogP contribution in [0.2, 0.25) is 0 Å². The monoisotopic (exact) mass is 381 g/mol. The first-order valence-corrected chi connectivity index (χ1v) is 9.45. The molecule has 0 aliphatic heterocycles. The Morgan fingerprint density at radius 2 is 1.00 bits per heavy atom. The highest BCUT2D eigenvalue weighted by atomic mass is 79.9. The van der Waals surface area contributed by atoms with Crippen molar-refractivity contribution in [3.8, 4) is 0 Å². The zero-order chi connectivity index (χ0) is 15.6. The SMILES string of the molecule is CCCCCCCCCCCCCCCC[NH2+]CC(O)O.[Br-]. The summed E-state index contributed by atoms with van der Waals surface area (Å²) in [6, 6.07) is 0. The minimum Gasteiger partial charge on any atom is -1.00 e. The standard InChI is InChI=1S/C18H39NO2.BrH/c1-2-3-4-5-6-7-8-9-10-11-12-13-14-15-16-19-17-18(20)21;/h18-21H,2-17H2,1H3;1H. The predicted molar refractivity (Wildman–Crippen MR) is 90.2 cm³/mol. The fourth-order valence-corrected chi connectivity index (χ4v) is 2.75. The van der Waals surface area contributed by atoms with Crippen molar-refractivity contribution in [3.05, 3.63) is 0 Å². The minimum absolute atomic E-state index is 0. The van der Waals surface area contributed by atoms with Crippen LogP contribution < -0.4 is 22.3 Å². The molecule has 0 aromatic heterocycles. The van der Waals surface area contributed by atoms with Crippen LogP contribution in [0.5, 0.6) is 0 Å². The molecular weight excluding hydrogens is 342 g/mol. The number of hydrogen-bond donors (Lipinski definition) is 3. The van der Waals surface area contributed by atoms with Gasteiger partial charge in [-0.15, -0.1) is 0 Å². The van der Waals surface area contributed by atoms with Crippen LogP contribution in [0.4, 0.5) is 0 Å². The highest BCUT2D eigenvalue weighted by Crippen LogP contribution is 2.12. The van der Waals surface area contributed by atoms with Crippen LogP contribution in [0.1, 0.15) is 96.8 Å². The number of hydrogen-bond acceptors (Lipinski definition) is 2. The van der Waals surface area contributed by atoms with E-state index in [1.807, 2.05) is 5.32 Å². The smallest absolute Gasteiger partial charge is 0.202 e. The minimum atomic E-state index is -1.16. The summed E-state index contributed by atoms with van der Waals surface area (Å²) in [5, 5.41) is 19.4. The van der Waals surface area contributed by atoms with E-state index in [-0.39, 0.29) is 17.0 Å². The van der Waals surface area contributed by atoms with Crippen molar-refractivity contribution in [2.45, 2.75) is 103 Å². The van der Waals surface area contributed by atoms with E-state index in [0.717, 1.165) is 6.54 Å².